The van der Waals surface area contributed by atoms with E-state index in [2.05, 4.69) is 9.80 Å². The molecule has 2 aliphatic heterocycles. The van der Waals surface area contributed by atoms with Crippen molar-refractivity contribution in [3.63, 3.8) is 0 Å². The zero-order valence-corrected chi connectivity index (χ0v) is 8.21. The average molecular weight is 186 g/mol. The standard InChI is InChI=1S/C10H19FN2/c11-10-3-6-13(9-10)8-7-12-4-1-2-5-12/h10H,1-9H2. The van der Waals surface area contributed by atoms with Gasteiger partial charge in [0, 0.05) is 26.2 Å². The number of halogens is 1. The van der Waals surface area contributed by atoms with Crippen LogP contribution in [0.5, 0.6) is 0 Å². The zero-order valence-electron chi connectivity index (χ0n) is 8.21. The molecule has 0 aromatic heterocycles. The lowest BCUT2D eigenvalue weighted by molar-refractivity contribution is 0.241. The molecule has 0 aliphatic carbocycles. The molecule has 2 rings (SSSR count). The monoisotopic (exact) mass is 186 g/mol. The first-order valence-electron chi connectivity index (χ1n) is 5.43. The second-order valence-corrected chi connectivity index (χ2v) is 4.24. The summed E-state index contributed by atoms with van der Waals surface area (Å²) in [7, 11) is 0. The van der Waals surface area contributed by atoms with Gasteiger partial charge in [-0.2, -0.15) is 0 Å². The minimum atomic E-state index is -0.557. The summed E-state index contributed by atoms with van der Waals surface area (Å²) in [5.41, 5.74) is 0. The Hall–Kier alpha value is -0.150. The van der Waals surface area contributed by atoms with Crippen molar-refractivity contribution in [3.8, 4) is 0 Å². The highest BCUT2D eigenvalue weighted by atomic mass is 19.1. The quantitative estimate of drug-likeness (QED) is 0.652. The highest BCUT2D eigenvalue weighted by Gasteiger charge is 2.22. The molecule has 13 heavy (non-hydrogen) atoms. The van der Waals surface area contributed by atoms with E-state index >= 15 is 0 Å². The normalized spacial score (nSPS) is 31.6. The molecule has 2 nitrogen and oxygen atoms in total. The van der Waals surface area contributed by atoms with Crippen LogP contribution in [-0.4, -0.2) is 55.2 Å². The Balaban J connectivity index is 1.62. The van der Waals surface area contributed by atoms with Gasteiger partial charge in [-0.3, -0.25) is 4.90 Å². The lowest BCUT2D eigenvalue weighted by atomic mass is 10.3. The van der Waals surface area contributed by atoms with Crippen LogP contribution in [0.4, 0.5) is 4.39 Å². The molecule has 1 atom stereocenters. The number of nitrogens with zero attached hydrogens (tertiary/aromatic N) is 2. The molecule has 76 valence electrons. The van der Waals surface area contributed by atoms with Crippen molar-refractivity contribution < 1.29 is 4.39 Å². The van der Waals surface area contributed by atoms with Gasteiger partial charge in [-0.25, -0.2) is 4.39 Å². The van der Waals surface area contributed by atoms with Gasteiger partial charge in [0.1, 0.15) is 6.17 Å². The summed E-state index contributed by atoms with van der Waals surface area (Å²) in [6, 6.07) is 0. The van der Waals surface area contributed by atoms with E-state index in [1.54, 1.807) is 0 Å². The van der Waals surface area contributed by atoms with Crippen LogP contribution < -0.4 is 0 Å². The van der Waals surface area contributed by atoms with Gasteiger partial charge in [-0.1, -0.05) is 0 Å². The first kappa shape index (κ1) is 9.41. The van der Waals surface area contributed by atoms with Gasteiger partial charge in [-0.05, 0) is 32.4 Å². The van der Waals surface area contributed by atoms with Crippen LogP contribution in [-0.2, 0) is 0 Å². The van der Waals surface area contributed by atoms with Crippen LogP contribution in [0.2, 0.25) is 0 Å². The van der Waals surface area contributed by atoms with E-state index in [1.807, 2.05) is 0 Å². The van der Waals surface area contributed by atoms with E-state index in [-0.39, 0.29) is 0 Å². The summed E-state index contributed by atoms with van der Waals surface area (Å²) in [5.74, 6) is 0. The molecule has 1 unspecified atom stereocenters. The van der Waals surface area contributed by atoms with Crippen molar-refractivity contribution in [2.24, 2.45) is 0 Å². The summed E-state index contributed by atoms with van der Waals surface area (Å²) in [6.45, 7) is 6.37. The van der Waals surface area contributed by atoms with E-state index in [9.17, 15) is 4.39 Å². The molecule has 0 radical (unpaired) electrons. The van der Waals surface area contributed by atoms with E-state index < -0.39 is 6.17 Å². The molecule has 2 heterocycles. The second-order valence-electron chi connectivity index (χ2n) is 4.24. The minimum Gasteiger partial charge on any atom is -0.302 e. The van der Waals surface area contributed by atoms with E-state index in [0.29, 0.717) is 6.54 Å². The first-order valence-corrected chi connectivity index (χ1v) is 5.43. The van der Waals surface area contributed by atoms with Crippen LogP contribution >= 0.6 is 0 Å². The minimum absolute atomic E-state index is 0.557. The Morgan fingerprint density at radius 2 is 1.69 bits per heavy atom. The smallest absolute Gasteiger partial charge is 0.114 e. The number of likely N-dealkylation sites (tertiary alicyclic amines) is 2. The van der Waals surface area contributed by atoms with Crippen LogP contribution in [0.3, 0.4) is 0 Å². The lowest BCUT2D eigenvalue weighted by Gasteiger charge is -2.20. The molecular weight excluding hydrogens is 167 g/mol. The van der Waals surface area contributed by atoms with Gasteiger partial charge < -0.3 is 4.90 Å². The Morgan fingerprint density at radius 1 is 1.00 bits per heavy atom. The zero-order chi connectivity index (χ0) is 9.10. The summed E-state index contributed by atoms with van der Waals surface area (Å²) >= 11 is 0. The van der Waals surface area contributed by atoms with Crippen molar-refractivity contribution in [1.82, 2.24) is 9.80 Å². The predicted octanol–water partition coefficient (Wildman–Crippen LogP) is 1.13. The van der Waals surface area contributed by atoms with Crippen molar-refractivity contribution in [1.29, 1.82) is 0 Å². The number of alkyl halides is 1. The van der Waals surface area contributed by atoms with Crippen LogP contribution in [0.1, 0.15) is 19.3 Å². The SMILES string of the molecule is FC1CCN(CCN2CCCC2)C1. The fourth-order valence-electron chi connectivity index (χ4n) is 2.28. The molecule has 0 saturated carbocycles. The Morgan fingerprint density at radius 3 is 2.31 bits per heavy atom. The summed E-state index contributed by atoms with van der Waals surface area (Å²) in [5, 5.41) is 0. The van der Waals surface area contributed by atoms with Gasteiger partial charge in [0.25, 0.3) is 0 Å². The predicted molar refractivity (Wildman–Crippen MR) is 51.6 cm³/mol. The maximum Gasteiger partial charge on any atom is 0.114 e. The van der Waals surface area contributed by atoms with Gasteiger partial charge >= 0.3 is 0 Å². The molecule has 2 fully saturated rings. The molecule has 0 amide bonds. The third-order valence-electron chi connectivity index (χ3n) is 3.15. The molecule has 0 spiro atoms. The Bertz CT molecular complexity index is 157. The molecule has 0 N–H and O–H groups in total. The third-order valence-corrected chi connectivity index (χ3v) is 3.15. The first-order chi connectivity index (χ1) is 6.34. The van der Waals surface area contributed by atoms with E-state index in [1.165, 1.54) is 25.9 Å². The van der Waals surface area contributed by atoms with Crippen molar-refractivity contribution in [2.75, 3.05) is 39.3 Å². The second kappa shape index (κ2) is 4.38. The molecular formula is C10H19FN2. The van der Waals surface area contributed by atoms with Gasteiger partial charge in [-0.15, -0.1) is 0 Å². The summed E-state index contributed by atoms with van der Waals surface area (Å²) in [6.07, 6.45) is 2.90. The molecule has 0 bridgehead atoms. The fraction of sp³-hybridized carbons (Fsp3) is 1.00. The summed E-state index contributed by atoms with van der Waals surface area (Å²) in [4.78, 5) is 4.74. The number of rotatable bonds is 3. The molecule has 0 aromatic carbocycles. The van der Waals surface area contributed by atoms with Crippen LogP contribution in [0, 0.1) is 0 Å². The van der Waals surface area contributed by atoms with Crippen molar-refractivity contribution in [2.45, 2.75) is 25.4 Å². The highest BCUT2D eigenvalue weighted by Crippen LogP contribution is 2.12. The molecule has 2 saturated heterocycles. The maximum absolute atomic E-state index is 12.8. The van der Waals surface area contributed by atoms with E-state index in [0.717, 1.165) is 26.1 Å². The lowest BCUT2D eigenvalue weighted by Crippen LogP contribution is -2.32. The van der Waals surface area contributed by atoms with E-state index in [4.69, 9.17) is 0 Å². The molecule has 2 aliphatic rings. The largest absolute Gasteiger partial charge is 0.302 e. The molecule has 0 aromatic rings. The van der Waals surface area contributed by atoms with Crippen LogP contribution in [0.15, 0.2) is 0 Å². The topological polar surface area (TPSA) is 6.48 Å². The maximum atomic E-state index is 12.8. The van der Waals surface area contributed by atoms with Crippen molar-refractivity contribution >= 4 is 0 Å². The van der Waals surface area contributed by atoms with Crippen molar-refractivity contribution in [3.05, 3.63) is 0 Å². The van der Waals surface area contributed by atoms with Gasteiger partial charge in [0.05, 0.1) is 0 Å². The Kier molecular flexibility index (Phi) is 3.17. The molecule has 3 heteroatoms. The third kappa shape index (κ3) is 2.64. The number of hydrogen-bond acceptors (Lipinski definition) is 2. The highest BCUT2D eigenvalue weighted by molar-refractivity contribution is 4.76. The van der Waals surface area contributed by atoms with Gasteiger partial charge in [0.15, 0.2) is 0 Å². The number of hydrogen-bond donors (Lipinski definition) is 0. The average Bonchev–Trinajstić information content (AvgIpc) is 2.71. The Labute approximate surface area is 79.7 Å². The fourth-order valence-corrected chi connectivity index (χ4v) is 2.28. The van der Waals surface area contributed by atoms with Crippen LogP contribution in [0.25, 0.3) is 0 Å². The van der Waals surface area contributed by atoms with Gasteiger partial charge in [0.2, 0.25) is 0 Å². The summed E-state index contributed by atoms with van der Waals surface area (Å²) < 4.78 is 12.8.